The van der Waals surface area contributed by atoms with E-state index in [9.17, 15) is 19.8 Å². The van der Waals surface area contributed by atoms with Gasteiger partial charge in [0.15, 0.2) is 0 Å². The number of benzene rings is 2. The second-order valence-corrected chi connectivity index (χ2v) is 5.83. The molecule has 0 aromatic heterocycles. The Kier molecular flexibility index (Phi) is 17.2. The molecule has 2 aromatic rings. The summed E-state index contributed by atoms with van der Waals surface area (Å²) >= 11 is 0. The maximum Gasteiger partial charge on any atom is 1.00 e. The molecule has 2 unspecified atom stereocenters. The van der Waals surface area contributed by atoms with Crippen LogP contribution in [0.1, 0.15) is 11.1 Å². The SMILES string of the molecule is COC(Cc1ccc(O)cc1)C(=O)[O-].COC(Cc1ccc(O)cc1)C(=O)[O-].[Na+].[Na+]. The van der Waals surface area contributed by atoms with Gasteiger partial charge in [-0.3, -0.25) is 0 Å². The van der Waals surface area contributed by atoms with Crippen LogP contribution >= 0.6 is 0 Å². The molecule has 0 aliphatic carbocycles. The molecule has 0 saturated heterocycles. The van der Waals surface area contributed by atoms with Gasteiger partial charge in [0.05, 0.1) is 11.9 Å². The molecule has 0 fully saturated rings. The summed E-state index contributed by atoms with van der Waals surface area (Å²) in [6, 6.07) is 12.6. The van der Waals surface area contributed by atoms with Crippen LogP contribution in [-0.4, -0.2) is 48.6 Å². The first-order chi connectivity index (χ1) is 13.3. The quantitative estimate of drug-likeness (QED) is 0.390. The van der Waals surface area contributed by atoms with Crippen LogP contribution in [-0.2, 0) is 31.9 Å². The molecule has 2 rings (SSSR count). The standard InChI is InChI=1S/2C10H12O4.2Na/c2*1-14-9(10(12)13)6-7-2-4-8(11)5-3-7;;/h2*2-5,9,11H,6H2,1H3,(H,12,13);;/q;;2*+1/p-2. The number of phenols is 2. The van der Waals surface area contributed by atoms with Crippen LogP contribution in [0.25, 0.3) is 0 Å². The molecule has 0 amide bonds. The van der Waals surface area contributed by atoms with E-state index in [0.717, 1.165) is 11.1 Å². The number of methoxy groups -OCH3 is 2. The summed E-state index contributed by atoms with van der Waals surface area (Å²) in [5.74, 6) is -2.17. The van der Waals surface area contributed by atoms with Gasteiger partial charge in [0.25, 0.3) is 0 Å². The van der Waals surface area contributed by atoms with Crippen molar-refractivity contribution >= 4 is 11.9 Å². The largest absolute Gasteiger partial charge is 1.00 e. The third-order valence-electron chi connectivity index (χ3n) is 3.81. The Hall–Kier alpha value is -1.10. The van der Waals surface area contributed by atoms with E-state index >= 15 is 0 Å². The molecule has 2 N–H and O–H groups in total. The number of hydrogen-bond donors (Lipinski definition) is 2. The molecule has 30 heavy (non-hydrogen) atoms. The maximum atomic E-state index is 10.5. The van der Waals surface area contributed by atoms with Crippen LogP contribution < -0.4 is 69.3 Å². The number of carbonyl (C=O) groups is 2. The van der Waals surface area contributed by atoms with Crippen LogP contribution in [0.15, 0.2) is 48.5 Å². The van der Waals surface area contributed by atoms with Crippen LogP contribution in [0.2, 0.25) is 0 Å². The van der Waals surface area contributed by atoms with Gasteiger partial charge in [0.2, 0.25) is 0 Å². The minimum Gasteiger partial charge on any atom is -0.547 e. The van der Waals surface area contributed by atoms with Gasteiger partial charge in [0.1, 0.15) is 23.7 Å². The van der Waals surface area contributed by atoms with E-state index in [-0.39, 0.29) is 83.5 Å². The van der Waals surface area contributed by atoms with Gasteiger partial charge >= 0.3 is 59.1 Å². The van der Waals surface area contributed by atoms with E-state index in [2.05, 4.69) is 0 Å². The van der Waals surface area contributed by atoms with Crippen LogP contribution in [0.5, 0.6) is 11.5 Å². The topological polar surface area (TPSA) is 139 Å². The van der Waals surface area contributed by atoms with E-state index in [1.54, 1.807) is 24.3 Å². The molecule has 152 valence electrons. The number of aliphatic carboxylic acids is 2. The normalized spacial score (nSPS) is 11.5. The van der Waals surface area contributed by atoms with Gasteiger partial charge in [0, 0.05) is 27.1 Å². The van der Waals surface area contributed by atoms with Crippen molar-refractivity contribution in [1.29, 1.82) is 0 Å². The molecular weight excluding hydrogens is 414 g/mol. The number of carboxylic acids is 2. The number of carboxylic acid groups (broad SMARTS) is 2. The minimum absolute atomic E-state index is 0. The van der Waals surface area contributed by atoms with Crippen LogP contribution in [0.3, 0.4) is 0 Å². The average molecular weight is 436 g/mol. The monoisotopic (exact) mass is 436 g/mol. The fourth-order valence-corrected chi connectivity index (χ4v) is 2.22. The molecule has 8 nitrogen and oxygen atoms in total. The van der Waals surface area contributed by atoms with Crippen LogP contribution in [0.4, 0.5) is 0 Å². The van der Waals surface area contributed by atoms with E-state index < -0.39 is 24.1 Å². The Morgan fingerprint density at radius 2 is 1.00 bits per heavy atom. The molecule has 10 heteroatoms. The van der Waals surface area contributed by atoms with E-state index in [1.807, 2.05) is 0 Å². The number of ether oxygens (including phenoxy) is 2. The van der Waals surface area contributed by atoms with Gasteiger partial charge in [-0.05, 0) is 35.4 Å². The Morgan fingerprint density at radius 1 is 0.733 bits per heavy atom. The average Bonchev–Trinajstić information content (AvgIpc) is 2.67. The van der Waals surface area contributed by atoms with Crippen molar-refractivity contribution in [2.45, 2.75) is 25.0 Å². The molecule has 2 aromatic carbocycles. The first-order valence-electron chi connectivity index (χ1n) is 8.30. The Morgan fingerprint density at radius 3 is 1.20 bits per heavy atom. The van der Waals surface area contributed by atoms with Crippen molar-refractivity contribution in [3.63, 3.8) is 0 Å². The molecular formula is C20H22Na2O8. The molecule has 0 aliphatic rings. The first-order valence-corrected chi connectivity index (χ1v) is 8.30. The van der Waals surface area contributed by atoms with E-state index in [0.29, 0.717) is 0 Å². The number of hydrogen-bond acceptors (Lipinski definition) is 8. The second kappa shape index (κ2) is 16.6. The molecule has 0 heterocycles. The van der Waals surface area contributed by atoms with Crippen LogP contribution in [0, 0.1) is 0 Å². The summed E-state index contributed by atoms with van der Waals surface area (Å²) in [5, 5.41) is 39.0. The second-order valence-electron chi connectivity index (χ2n) is 5.83. The number of rotatable bonds is 8. The van der Waals surface area contributed by atoms with Crippen molar-refractivity contribution in [1.82, 2.24) is 0 Å². The minimum atomic E-state index is -1.24. The van der Waals surface area contributed by atoms with E-state index in [1.165, 1.54) is 38.5 Å². The summed E-state index contributed by atoms with van der Waals surface area (Å²) < 4.78 is 9.44. The zero-order valence-corrected chi connectivity index (χ0v) is 21.5. The molecule has 0 aliphatic heterocycles. The summed E-state index contributed by atoms with van der Waals surface area (Å²) in [7, 11) is 2.64. The van der Waals surface area contributed by atoms with Crippen molar-refractivity contribution in [3.05, 3.63) is 59.7 Å². The molecule has 0 spiro atoms. The third kappa shape index (κ3) is 11.9. The van der Waals surface area contributed by atoms with Crippen molar-refractivity contribution in [3.8, 4) is 11.5 Å². The number of phenolic OH excluding ortho intramolecular Hbond substituents is 2. The number of carbonyl (C=O) groups excluding carboxylic acids is 2. The smallest absolute Gasteiger partial charge is 0.547 e. The first kappa shape index (κ1) is 31.1. The fraction of sp³-hybridized carbons (Fsp3) is 0.300. The number of aromatic hydroxyl groups is 2. The zero-order valence-electron chi connectivity index (χ0n) is 17.5. The predicted octanol–water partition coefficient (Wildman–Crippen LogP) is -6.59. The van der Waals surface area contributed by atoms with Gasteiger partial charge in [-0.25, -0.2) is 0 Å². The van der Waals surface area contributed by atoms with E-state index in [4.69, 9.17) is 19.7 Å². The van der Waals surface area contributed by atoms with Crippen molar-refractivity contribution < 1.29 is 98.6 Å². The summed E-state index contributed by atoms with van der Waals surface area (Å²) in [6.45, 7) is 0. The van der Waals surface area contributed by atoms with Gasteiger partial charge in [-0.1, -0.05) is 24.3 Å². The summed E-state index contributed by atoms with van der Waals surface area (Å²) in [4.78, 5) is 21.0. The molecule has 0 radical (unpaired) electrons. The summed E-state index contributed by atoms with van der Waals surface area (Å²) in [5.41, 5.74) is 1.55. The fourth-order valence-electron chi connectivity index (χ4n) is 2.22. The molecule has 2 atom stereocenters. The molecule has 0 bridgehead atoms. The Balaban J connectivity index is 0. The zero-order chi connectivity index (χ0) is 21.1. The Bertz CT molecular complexity index is 685. The van der Waals surface area contributed by atoms with Gasteiger partial charge in [-0.2, -0.15) is 0 Å². The van der Waals surface area contributed by atoms with Crippen molar-refractivity contribution in [2.24, 2.45) is 0 Å². The predicted molar refractivity (Wildman–Crippen MR) is 95.2 cm³/mol. The van der Waals surface area contributed by atoms with Gasteiger partial charge in [-0.15, -0.1) is 0 Å². The Labute approximate surface area is 219 Å². The summed E-state index contributed by atoms with van der Waals surface area (Å²) in [6.07, 6.45) is -1.42. The van der Waals surface area contributed by atoms with Crippen molar-refractivity contribution in [2.75, 3.05) is 14.2 Å². The molecule has 0 saturated carbocycles. The third-order valence-corrected chi connectivity index (χ3v) is 3.81. The van der Waals surface area contributed by atoms with Gasteiger partial charge < -0.3 is 39.5 Å². The maximum absolute atomic E-state index is 10.5.